The Morgan fingerprint density at radius 1 is 0.614 bits per heavy atom. The molecule has 0 bridgehead atoms. The molecule has 0 saturated carbocycles. The van der Waals surface area contributed by atoms with Gasteiger partial charge < -0.3 is 39.6 Å². The molecule has 4 aromatic heterocycles. The van der Waals surface area contributed by atoms with Gasteiger partial charge in [-0.3, -0.25) is 9.59 Å². The Labute approximate surface area is 327 Å². The number of aromatic nitrogens is 6. The minimum absolute atomic E-state index is 0.157. The van der Waals surface area contributed by atoms with Crippen LogP contribution >= 0.6 is 0 Å². The zero-order chi connectivity index (χ0) is 40.5. The van der Waals surface area contributed by atoms with Crippen molar-refractivity contribution in [1.29, 1.82) is 0 Å². The first-order valence-corrected chi connectivity index (χ1v) is 17.7. The molecule has 57 heavy (non-hydrogen) atoms. The van der Waals surface area contributed by atoms with Crippen molar-refractivity contribution < 1.29 is 29.0 Å². The van der Waals surface area contributed by atoms with Gasteiger partial charge >= 0.3 is 0 Å². The minimum Gasteiger partial charge on any atom is -0.497 e. The molecule has 4 heterocycles. The number of fused-ring (bicyclic) bond motifs is 2. The number of anilines is 2. The van der Waals surface area contributed by atoms with Crippen LogP contribution in [0.2, 0.25) is 0 Å². The average molecular weight is 775 g/mol. The molecule has 0 atom stereocenters. The molecule has 3 N–H and O–H groups in total. The molecule has 7 rings (SSSR count). The third-order valence-corrected chi connectivity index (χ3v) is 9.04. The highest BCUT2D eigenvalue weighted by Gasteiger charge is 2.16. The summed E-state index contributed by atoms with van der Waals surface area (Å²) in [5.74, 6) is 2.75. The highest BCUT2D eigenvalue weighted by atomic mass is 16.7. The average Bonchev–Trinajstić information content (AvgIpc) is 3.23. The third-order valence-electron chi connectivity index (χ3n) is 9.04. The number of ether oxygens (including phenoxy) is 4. The van der Waals surface area contributed by atoms with Crippen molar-refractivity contribution in [3.05, 3.63) is 140 Å². The van der Waals surface area contributed by atoms with E-state index in [0.717, 1.165) is 22.4 Å². The quantitative estimate of drug-likeness (QED) is 0.128. The molecule has 3 aromatic carbocycles. The number of nitrogens with zero attached hydrogens (tertiary/aromatic N) is 6. The maximum Gasteiger partial charge on any atom is 0.287 e. The highest BCUT2D eigenvalue weighted by molar-refractivity contribution is 5.91. The summed E-state index contributed by atoms with van der Waals surface area (Å²) in [4.78, 5) is 47.4. The molecule has 0 radical (unpaired) electrons. The molecule has 0 aliphatic heterocycles. The van der Waals surface area contributed by atoms with Crippen LogP contribution < -0.4 is 45.5 Å². The van der Waals surface area contributed by atoms with Crippen molar-refractivity contribution in [2.45, 2.75) is 33.5 Å². The summed E-state index contributed by atoms with van der Waals surface area (Å²) >= 11 is 0. The zero-order valence-electron chi connectivity index (χ0n) is 32.3. The first kappa shape index (κ1) is 39.3. The van der Waals surface area contributed by atoms with E-state index in [0.29, 0.717) is 74.3 Å². The summed E-state index contributed by atoms with van der Waals surface area (Å²) in [6, 6.07) is 23.6. The van der Waals surface area contributed by atoms with Crippen LogP contribution in [0, 0.1) is 13.8 Å². The monoisotopic (exact) mass is 774 g/mol. The molecule has 16 nitrogen and oxygen atoms in total. The number of methoxy groups -OCH3 is 4. The van der Waals surface area contributed by atoms with Crippen LogP contribution in [0.4, 0.5) is 11.4 Å². The number of rotatable bonds is 13. The van der Waals surface area contributed by atoms with Crippen LogP contribution in [-0.4, -0.2) is 63.0 Å². The van der Waals surface area contributed by atoms with Gasteiger partial charge in [-0.1, -0.05) is 30.3 Å². The maximum absolute atomic E-state index is 12.9. The first-order valence-electron chi connectivity index (χ1n) is 17.7. The molecule has 0 spiro atoms. The Kier molecular flexibility index (Phi) is 12.3. The lowest BCUT2D eigenvalue weighted by molar-refractivity contribution is 0.0979. The van der Waals surface area contributed by atoms with Gasteiger partial charge in [-0.05, 0) is 43.7 Å². The van der Waals surface area contributed by atoms with Gasteiger partial charge in [0.25, 0.3) is 11.1 Å². The lowest BCUT2D eigenvalue weighted by atomic mass is 10.1. The van der Waals surface area contributed by atoms with Crippen molar-refractivity contribution in [2.75, 3.05) is 39.1 Å². The fourth-order valence-electron chi connectivity index (χ4n) is 6.08. The first-order chi connectivity index (χ1) is 27.6. The van der Waals surface area contributed by atoms with Crippen molar-refractivity contribution in [3.8, 4) is 23.0 Å². The van der Waals surface area contributed by atoms with E-state index in [1.54, 1.807) is 41.4 Å². The van der Waals surface area contributed by atoms with E-state index < -0.39 is 5.56 Å². The summed E-state index contributed by atoms with van der Waals surface area (Å²) in [7, 11) is 6.39. The van der Waals surface area contributed by atoms with Gasteiger partial charge in [-0.15, -0.1) is 9.46 Å². The standard InChI is InChI=1S/C24H24N4O4.C17H18N4O4/c1-16-23-20(25-13-18-9-10-19(30-2)11-21(18)31-3)12-22(29)28(24(23)27-15-26-16)32-14-17-7-5-4-6-8-17;1-10-16-13(7-15(22)21(23)17(16)20-9-19-10)18-8-11-4-5-12(24-2)6-14(11)25-3/h4-12,15,25H,13-14H2,1-3H3;4-7,9,18,23H,8H2,1-3H3. The van der Waals surface area contributed by atoms with E-state index in [1.807, 2.05) is 67.6 Å². The van der Waals surface area contributed by atoms with E-state index >= 15 is 0 Å². The van der Waals surface area contributed by atoms with Gasteiger partial charge in [0.05, 0.1) is 62.0 Å². The molecule has 7 aromatic rings. The number of nitrogens with one attached hydrogen (secondary N) is 2. The van der Waals surface area contributed by atoms with Crippen LogP contribution in [0.1, 0.15) is 28.1 Å². The van der Waals surface area contributed by atoms with Gasteiger partial charge in [0.1, 0.15) is 42.3 Å². The summed E-state index contributed by atoms with van der Waals surface area (Å²) in [5, 5.41) is 17.7. The van der Waals surface area contributed by atoms with Crippen LogP contribution in [-0.2, 0) is 19.7 Å². The largest absolute Gasteiger partial charge is 0.497 e. The molecule has 16 heteroatoms. The number of hydrogen-bond acceptors (Lipinski definition) is 14. The van der Waals surface area contributed by atoms with Crippen molar-refractivity contribution in [2.24, 2.45) is 0 Å². The van der Waals surface area contributed by atoms with Crippen LogP contribution in [0.3, 0.4) is 0 Å². The highest BCUT2D eigenvalue weighted by Crippen LogP contribution is 2.29. The van der Waals surface area contributed by atoms with Gasteiger partial charge in [0.2, 0.25) is 0 Å². The van der Waals surface area contributed by atoms with E-state index in [4.69, 9.17) is 23.8 Å². The Bertz CT molecular complexity index is 2630. The smallest absolute Gasteiger partial charge is 0.287 e. The SMILES string of the molecule is COc1ccc(CNc2cc(=O)n(O)c3ncnc(C)c23)c(OC)c1.COc1ccc(CNc2cc(=O)n(OCc3ccccc3)c3ncnc(C)c23)c(OC)c1. The zero-order valence-corrected chi connectivity index (χ0v) is 32.3. The molecule has 0 aliphatic carbocycles. The van der Waals surface area contributed by atoms with E-state index in [1.165, 1.54) is 29.5 Å². The van der Waals surface area contributed by atoms with Crippen molar-refractivity contribution in [3.63, 3.8) is 0 Å². The fraction of sp³-hybridized carbons (Fsp3) is 0.220. The summed E-state index contributed by atoms with van der Waals surface area (Å²) in [6.45, 7) is 4.74. The molecular weight excluding hydrogens is 732 g/mol. The van der Waals surface area contributed by atoms with Gasteiger partial charge in [0, 0.05) is 48.5 Å². The van der Waals surface area contributed by atoms with E-state index in [-0.39, 0.29) is 17.8 Å². The molecule has 0 amide bonds. The minimum atomic E-state index is -0.574. The topological polar surface area (TPSA) is 186 Å². The van der Waals surface area contributed by atoms with Crippen molar-refractivity contribution >= 4 is 33.4 Å². The number of pyridine rings is 2. The lowest BCUT2D eigenvalue weighted by Gasteiger charge is -2.16. The predicted octanol–water partition coefficient (Wildman–Crippen LogP) is 5.32. The van der Waals surface area contributed by atoms with Gasteiger partial charge in [0.15, 0.2) is 11.3 Å². The second-order valence-corrected chi connectivity index (χ2v) is 12.5. The summed E-state index contributed by atoms with van der Waals surface area (Å²) in [6.07, 6.45) is 2.73. The van der Waals surface area contributed by atoms with Crippen molar-refractivity contribution in [1.82, 2.24) is 29.4 Å². The molecular formula is C41H42N8O8. The second kappa shape index (κ2) is 17.9. The Balaban J connectivity index is 0.000000199. The fourth-order valence-corrected chi connectivity index (χ4v) is 6.08. The third kappa shape index (κ3) is 8.80. The predicted molar refractivity (Wildman–Crippen MR) is 215 cm³/mol. The number of hydrogen-bond donors (Lipinski definition) is 3. The summed E-state index contributed by atoms with van der Waals surface area (Å²) < 4.78 is 23.0. The molecule has 0 fully saturated rings. The van der Waals surface area contributed by atoms with Gasteiger partial charge in [-0.2, -0.15) is 0 Å². The molecule has 294 valence electrons. The van der Waals surface area contributed by atoms with E-state index in [9.17, 15) is 14.8 Å². The normalized spacial score (nSPS) is 10.7. The second-order valence-electron chi connectivity index (χ2n) is 12.5. The lowest BCUT2D eigenvalue weighted by Crippen LogP contribution is -2.28. The number of aryl methyl sites for hydroxylation is 2. The Hall–Kier alpha value is -7.36. The summed E-state index contributed by atoms with van der Waals surface area (Å²) in [5.41, 5.74) is 4.97. The van der Waals surface area contributed by atoms with E-state index in [2.05, 4.69) is 30.6 Å². The number of benzene rings is 3. The molecule has 0 saturated heterocycles. The van der Waals surface area contributed by atoms with Crippen LogP contribution in [0.25, 0.3) is 22.1 Å². The Morgan fingerprint density at radius 2 is 1.12 bits per heavy atom. The van der Waals surface area contributed by atoms with Crippen LogP contribution in [0.15, 0.2) is 101 Å². The maximum atomic E-state index is 12.9. The van der Waals surface area contributed by atoms with Crippen LogP contribution in [0.5, 0.6) is 23.0 Å². The van der Waals surface area contributed by atoms with Gasteiger partial charge in [-0.25, -0.2) is 19.9 Å². The molecule has 0 aliphatic rings. The molecule has 0 unspecified atom stereocenters. The Morgan fingerprint density at radius 3 is 1.65 bits per heavy atom.